The maximum atomic E-state index is 12.2. The Morgan fingerprint density at radius 2 is 2.05 bits per heavy atom. The van der Waals surface area contributed by atoms with Crippen LogP contribution in [0.15, 0.2) is 23.1 Å². The fourth-order valence-electron chi connectivity index (χ4n) is 1.72. The Bertz CT molecular complexity index is 535. The highest BCUT2D eigenvalue weighted by molar-refractivity contribution is 7.89. The van der Waals surface area contributed by atoms with Gasteiger partial charge in [-0.05, 0) is 43.7 Å². The molecule has 0 aliphatic heterocycles. The Labute approximate surface area is 132 Å². The van der Waals surface area contributed by atoms with Gasteiger partial charge in [-0.2, -0.15) is 0 Å². The van der Waals surface area contributed by atoms with Gasteiger partial charge >= 0.3 is 0 Å². The van der Waals surface area contributed by atoms with Crippen LogP contribution in [0.2, 0.25) is 5.02 Å². The lowest BCUT2D eigenvalue weighted by atomic mass is 10.2. The van der Waals surface area contributed by atoms with Crippen LogP contribution in [0.25, 0.3) is 0 Å². The van der Waals surface area contributed by atoms with Gasteiger partial charge in [0.1, 0.15) is 0 Å². The molecule has 0 saturated heterocycles. The molecule has 1 rings (SSSR count). The second kappa shape index (κ2) is 9.38. The molecule has 0 unspecified atom stereocenters. The molecule has 120 valence electrons. The lowest BCUT2D eigenvalue weighted by molar-refractivity contribution is 0.146. The second-order valence-electron chi connectivity index (χ2n) is 4.48. The van der Waals surface area contributed by atoms with Gasteiger partial charge in [0.2, 0.25) is 10.0 Å². The zero-order chi connectivity index (χ0) is 15.7. The highest BCUT2D eigenvalue weighted by Crippen LogP contribution is 2.20. The molecule has 1 aromatic carbocycles. The van der Waals surface area contributed by atoms with Gasteiger partial charge in [0.15, 0.2) is 0 Å². The van der Waals surface area contributed by atoms with Crippen LogP contribution in [0.5, 0.6) is 0 Å². The minimum Gasteiger partial charge on any atom is -0.382 e. The van der Waals surface area contributed by atoms with E-state index in [-0.39, 0.29) is 4.90 Å². The smallest absolute Gasteiger partial charge is 0.240 e. The van der Waals surface area contributed by atoms with Crippen molar-refractivity contribution in [3.8, 4) is 0 Å². The summed E-state index contributed by atoms with van der Waals surface area (Å²) >= 11 is 6.07. The zero-order valence-corrected chi connectivity index (χ0v) is 14.1. The van der Waals surface area contributed by atoms with Crippen molar-refractivity contribution in [2.75, 3.05) is 26.3 Å². The summed E-state index contributed by atoms with van der Waals surface area (Å²) < 4.78 is 32.1. The van der Waals surface area contributed by atoms with E-state index < -0.39 is 10.0 Å². The SMILES string of the molecule is CCNCc1cc(S(=O)(=O)NCCCOCC)ccc1Cl. The highest BCUT2D eigenvalue weighted by atomic mass is 35.5. The van der Waals surface area contributed by atoms with Gasteiger partial charge in [0.05, 0.1) is 4.90 Å². The molecule has 21 heavy (non-hydrogen) atoms. The molecule has 0 saturated carbocycles. The third-order valence-electron chi connectivity index (χ3n) is 2.85. The van der Waals surface area contributed by atoms with Gasteiger partial charge in [-0.3, -0.25) is 0 Å². The maximum absolute atomic E-state index is 12.2. The predicted octanol–water partition coefficient (Wildman–Crippen LogP) is 2.15. The fraction of sp³-hybridized carbons (Fsp3) is 0.571. The lowest BCUT2D eigenvalue weighted by Gasteiger charge is -2.10. The molecule has 0 amide bonds. The van der Waals surface area contributed by atoms with Crippen LogP contribution >= 0.6 is 11.6 Å². The van der Waals surface area contributed by atoms with Crippen LogP contribution in [-0.2, 0) is 21.3 Å². The number of rotatable bonds is 10. The molecule has 0 radical (unpaired) electrons. The number of benzene rings is 1. The minimum absolute atomic E-state index is 0.233. The molecule has 0 spiro atoms. The zero-order valence-electron chi connectivity index (χ0n) is 12.5. The molecule has 7 heteroatoms. The maximum Gasteiger partial charge on any atom is 0.240 e. The quantitative estimate of drug-likeness (QED) is 0.643. The average Bonchev–Trinajstić information content (AvgIpc) is 2.46. The third-order valence-corrected chi connectivity index (χ3v) is 4.68. The Morgan fingerprint density at radius 3 is 2.71 bits per heavy atom. The number of hydrogen-bond donors (Lipinski definition) is 2. The Hall–Kier alpha value is -0.660. The number of halogens is 1. The van der Waals surface area contributed by atoms with Crippen LogP contribution in [0, 0.1) is 0 Å². The van der Waals surface area contributed by atoms with E-state index >= 15 is 0 Å². The van der Waals surface area contributed by atoms with Gasteiger partial charge in [0.25, 0.3) is 0 Å². The standard InChI is InChI=1S/C14H23ClN2O3S/c1-3-16-11-12-10-13(6-7-14(12)15)21(18,19)17-8-5-9-20-4-2/h6-7,10,16-17H,3-5,8-9,11H2,1-2H3. The fourth-order valence-corrected chi connectivity index (χ4v) is 3.03. The first kappa shape index (κ1) is 18.4. The van der Waals surface area contributed by atoms with Crippen LogP contribution < -0.4 is 10.0 Å². The first-order valence-electron chi connectivity index (χ1n) is 7.07. The van der Waals surface area contributed by atoms with E-state index in [1.807, 2.05) is 13.8 Å². The second-order valence-corrected chi connectivity index (χ2v) is 6.66. The molecule has 0 aliphatic carbocycles. The van der Waals surface area contributed by atoms with Gasteiger partial charge in [-0.1, -0.05) is 18.5 Å². The van der Waals surface area contributed by atoms with Gasteiger partial charge < -0.3 is 10.1 Å². The van der Waals surface area contributed by atoms with Crippen LogP contribution in [0.3, 0.4) is 0 Å². The van der Waals surface area contributed by atoms with Crippen molar-refractivity contribution < 1.29 is 13.2 Å². The average molecular weight is 335 g/mol. The Balaban J connectivity index is 2.69. The summed E-state index contributed by atoms with van der Waals surface area (Å²) in [5, 5.41) is 3.70. The summed E-state index contributed by atoms with van der Waals surface area (Å²) in [6.45, 7) is 6.76. The molecular weight excluding hydrogens is 312 g/mol. The molecule has 0 fully saturated rings. The van der Waals surface area contributed by atoms with E-state index in [2.05, 4.69) is 10.0 Å². The van der Waals surface area contributed by atoms with E-state index in [4.69, 9.17) is 16.3 Å². The normalized spacial score (nSPS) is 11.8. The summed E-state index contributed by atoms with van der Waals surface area (Å²) in [5.41, 5.74) is 0.774. The minimum atomic E-state index is -3.50. The summed E-state index contributed by atoms with van der Waals surface area (Å²) in [4.78, 5) is 0.233. The van der Waals surface area contributed by atoms with Gasteiger partial charge in [0, 0.05) is 31.3 Å². The molecule has 2 N–H and O–H groups in total. The number of nitrogens with one attached hydrogen (secondary N) is 2. The lowest BCUT2D eigenvalue weighted by Crippen LogP contribution is -2.26. The molecule has 0 aliphatic rings. The highest BCUT2D eigenvalue weighted by Gasteiger charge is 2.15. The topological polar surface area (TPSA) is 67.4 Å². The van der Waals surface area contributed by atoms with Crippen molar-refractivity contribution in [3.63, 3.8) is 0 Å². The molecule has 0 atom stereocenters. The summed E-state index contributed by atoms with van der Waals surface area (Å²) in [7, 11) is -3.50. The van der Waals surface area contributed by atoms with Crippen molar-refractivity contribution in [2.45, 2.75) is 31.7 Å². The van der Waals surface area contributed by atoms with Crippen molar-refractivity contribution in [2.24, 2.45) is 0 Å². The van der Waals surface area contributed by atoms with E-state index in [1.54, 1.807) is 12.1 Å². The Morgan fingerprint density at radius 1 is 1.29 bits per heavy atom. The van der Waals surface area contributed by atoms with Gasteiger partial charge in [-0.25, -0.2) is 13.1 Å². The van der Waals surface area contributed by atoms with Crippen LogP contribution in [-0.4, -0.2) is 34.7 Å². The Kier molecular flexibility index (Phi) is 8.21. The van der Waals surface area contributed by atoms with Gasteiger partial charge in [-0.15, -0.1) is 0 Å². The van der Waals surface area contributed by atoms with E-state index in [9.17, 15) is 8.42 Å². The number of hydrogen-bond acceptors (Lipinski definition) is 4. The molecular formula is C14H23ClN2O3S. The summed E-state index contributed by atoms with van der Waals surface area (Å²) in [6, 6.07) is 4.74. The van der Waals surface area contributed by atoms with E-state index in [0.717, 1.165) is 12.1 Å². The molecule has 0 aromatic heterocycles. The van der Waals surface area contributed by atoms with Crippen molar-refractivity contribution >= 4 is 21.6 Å². The molecule has 1 aromatic rings. The van der Waals surface area contributed by atoms with Crippen molar-refractivity contribution in [1.82, 2.24) is 10.0 Å². The monoisotopic (exact) mass is 334 g/mol. The van der Waals surface area contributed by atoms with Crippen molar-refractivity contribution in [3.05, 3.63) is 28.8 Å². The summed E-state index contributed by atoms with van der Waals surface area (Å²) in [6.07, 6.45) is 0.644. The molecule has 0 bridgehead atoms. The largest absolute Gasteiger partial charge is 0.382 e. The van der Waals surface area contributed by atoms with Crippen LogP contribution in [0.1, 0.15) is 25.8 Å². The first-order valence-corrected chi connectivity index (χ1v) is 8.94. The number of sulfonamides is 1. The predicted molar refractivity (Wildman–Crippen MR) is 85.1 cm³/mol. The molecule has 0 heterocycles. The van der Waals surface area contributed by atoms with E-state index in [1.165, 1.54) is 6.07 Å². The van der Waals surface area contributed by atoms with Crippen molar-refractivity contribution in [1.29, 1.82) is 0 Å². The van der Waals surface area contributed by atoms with Crippen LogP contribution in [0.4, 0.5) is 0 Å². The third kappa shape index (κ3) is 6.32. The van der Waals surface area contributed by atoms with E-state index in [0.29, 0.717) is 37.7 Å². The summed E-state index contributed by atoms with van der Waals surface area (Å²) in [5.74, 6) is 0. The number of ether oxygens (including phenoxy) is 1. The molecule has 5 nitrogen and oxygen atoms in total. The first-order chi connectivity index (χ1) is 10.0.